The van der Waals surface area contributed by atoms with Crippen LogP contribution < -0.4 is 10.6 Å². The Morgan fingerprint density at radius 3 is 2.24 bits per heavy atom. The highest BCUT2D eigenvalue weighted by atomic mass is 16.3. The predicted octanol–water partition coefficient (Wildman–Crippen LogP) is 6.14. The Morgan fingerprint density at radius 1 is 0.913 bits per heavy atom. The molecule has 0 saturated carbocycles. The zero-order valence-corrected chi connectivity index (χ0v) is 26.2. The number of phenols is 1. The third kappa shape index (κ3) is 4.12. The highest BCUT2D eigenvalue weighted by Gasteiger charge is 2.71. The minimum Gasteiger partial charge on any atom is -0.511 e. The van der Waals surface area contributed by atoms with Gasteiger partial charge in [0.2, 0.25) is 5.78 Å². The molecule has 238 valence electrons. The van der Waals surface area contributed by atoms with Crippen molar-refractivity contribution in [3.63, 3.8) is 0 Å². The lowest BCUT2D eigenvalue weighted by Crippen LogP contribution is -2.67. The van der Waals surface area contributed by atoms with Gasteiger partial charge in [0, 0.05) is 27.7 Å². The summed E-state index contributed by atoms with van der Waals surface area (Å²) in [5, 5.41) is 53.6. The van der Waals surface area contributed by atoms with Crippen molar-refractivity contribution < 1.29 is 39.6 Å². The number of Topliss-reactive ketones (excluding diaryl/α,β-unsaturated/α-hetero) is 3. The minimum absolute atomic E-state index is 0.000887. The molecule has 6 N–H and O–H groups in total. The Morgan fingerprint density at radius 2 is 1.57 bits per heavy atom. The second kappa shape index (κ2) is 10.3. The summed E-state index contributed by atoms with van der Waals surface area (Å²) in [4.78, 5) is 53.6. The number of aliphatic hydroxyl groups is 3. The number of allylic oxidation sites excluding steroid dienone is 2. The van der Waals surface area contributed by atoms with Gasteiger partial charge in [-0.05, 0) is 48.8 Å². The number of phenolic OH excluding ortho intramolecular Hbond substituents is 1. The summed E-state index contributed by atoms with van der Waals surface area (Å²) >= 11 is 0. The summed E-state index contributed by atoms with van der Waals surface area (Å²) in [6.45, 7) is 7.97. The average molecular weight is 625 g/mol. The van der Waals surface area contributed by atoms with Crippen molar-refractivity contribution in [2.45, 2.75) is 53.1 Å². The second-order valence-corrected chi connectivity index (χ2v) is 13.6. The first-order valence-corrected chi connectivity index (χ1v) is 15.2. The van der Waals surface area contributed by atoms with Gasteiger partial charge in [-0.2, -0.15) is 0 Å². The molecule has 46 heavy (non-hydrogen) atoms. The van der Waals surface area contributed by atoms with Crippen LogP contribution in [0, 0.1) is 22.7 Å². The van der Waals surface area contributed by atoms with E-state index >= 15 is 0 Å². The molecule has 0 heterocycles. The third-order valence-electron chi connectivity index (χ3n) is 10.2. The highest BCUT2D eigenvalue weighted by molar-refractivity contribution is 6.25. The summed E-state index contributed by atoms with van der Waals surface area (Å²) in [6.07, 6.45) is 0.136. The van der Waals surface area contributed by atoms with Crippen molar-refractivity contribution in [3.8, 4) is 5.75 Å². The standard InChI is InChI=1S/C36H36N2O8/c1-17(2)26-29(41)24(18(3)39)31(43)36(46)32(44)27-30(42)25-20(15-34(27,4)16-35(26,36)5)13-14-23(28(25)40)38-33(45)37-22-12-8-10-19-9-6-7-11-21(19)22/h6-14,17,26,40-41,44,46H,15-16H2,1-5H3,(H2,37,38,45)/t26?,34-,35-,36+/m1/s1. The molecule has 10 heteroatoms. The maximum Gasteiger partial charge on any atom is 0.323 e. The van der Waals surface area contributed by atoms with E-state index in [1.807, 2.05) is 30.3 Å². The topological polar surface area (TPSA) is 173 Å². The normalized spacial score (nSPS) is 27.3. The van der Waals surface area contributed by atoms with E-state index in [0.29, 0.717) is 11.3 Å². The molecule has 1 unspecified atom stereocenters. The van der Waals surface area contributed by atoms with Gasteiger partial charge < -0.3 is 31.1 Å². The van der Waals surface area contributed by atoms with Gasteiger partial charge in [-0.15, -0.1) is 0 Å². The van der Waals surface area contributed by atoms with Crippen LogP contribution in [0.25, 0.3) is 10.8 Å². The van der Waals surface area contributed by atoms with Crippen LogP contribution in [-0.2, 0) is 16.0 Å². The Hall–Kier alpha value is -4.96. The van der Waals surface area contributed by atoms with Gasteiger partial charge in [-0.3, -0.25) is 14.4 Å². The molecule has 3 aromatic rings. The quantitative estimate of drug-likeness (QED) is 0.148. The molecule has 0 aliphatic heterocycles. The lowest BCUT2D eigenvalue weighted by molar-refractivity contribution is -0.171. The van der Waals surface area contributed by atoms with Gasteiger partial charge in [0.15, 0.2) is 22.9 Å². The molecule has 0 radical (unpaired) electrons. The lowest BCUT2D eigenvalue weighted by atomic mass is 9.44. The molecule has 3 aliphatic rings. The number of benzene rings is 3. The average Bonchev–Trinajstić information content (AvgIpc) is 2.96. The van der Waals surface area contributed by atoms with E-state index < -0.39 is 68.6 Å². The van der Waals surface area contributed by atoms with Gasteiger partial charge in [0.1, 0.15) is 17.1 Å². The lowest BCUT2D eigenvalue weighted by Gasteiger charge is -2.59. The van der Waals surface area contributed by atoms with Gasteiger partial charge in [0.25, 0.3) is 0 Å². The summed E-state index contributed by atoms with van der Waals surface area (Å²) in [6, 6.07) is 15.4. The first-order valence-electron chi connectivity index (χ1n) is 15.2. The molecule has 0 saturated heterocycles. The SMILES string of the molecule is CC(=O)C1=C(O)C(C(C)C)[C@@]2(C)C[C@@]3(C)Cc4ccc(NC(=O)Nc5cccc6ccccc56)c(O)c4C(=O)C3=C(O)[C@@]2(O)C1=O. The van der Waals surface area contributed by atoms with Crippen LogP contribution in [0.2, 0.25) is 0 Å². The number of hydrogen-bond acceptors (Lipinski definition) is 8. The van der Waals surface area contributed by atoms with Crippen LogP contribution in [0.4, 0.5) is 16.2 Å². The van der Waals surface area contributed by atoms with E-state index in [4.69, 9.17) is 0 Å². The minimum atomic E-state index is -2.69. The van der Waals surface area contributed by atoms with Crippen molar-refractivity contribution in [1.29, 1.82) is 0 Å². The van der Waals surface area contributed by atoms with Crippen LogP contribution in [-0.4, -0.2) is 49.4 Å². The van der Waals surface area contributed by atoms with E-state index in [0.717, 1.165) is 17.7 Å². The summed E-state index contributed by atoms with van der Waals surface area (Å²) < 4.78 is 0. The van der Waals surface area contributed by atoms with Gasteiger partial charge in [-0.25, -0.2) is 4.79 Å². The number of hydrogen-bond donors (Lipinski definition) is 6. The number of ketones is 3. The third-order valence-corrected chi connectivity index (χ3v) is 10.2. The smallest absolute Gasteiger partial charge is 0.323 e. The van der Waals surface area contributed by atoms with Gasteiger partial charge in [-0.1, -0.05) is 70.2 Å². The van der Waals surface area contributed by atoms with E-state index in [2.05, 4.69) is 10.6 Å². The fourth-order valence-corrected chi connectivity index (χ4v) is 8.43. The van der Waals surface area contributed by atoms with Crippen LogP contribution in [0.5, 0.6) is 5.75 Å². The molecule has 3 aromatic carbocycles. The highest BCUT2D eigenvalue weighted by Crippen LogP contribution is 2.65. The first-order chi connectivity index (χ1) is 21.6. The molecule has 3 aliphatic carbocycles. The molecular formula is C36H36N2O8. The van der Waals surface area contributed by atoms with Gasteiger partial charge >= 0.3 is 6.03 Å². The summed E-state index contributed by atoms with van der Waals surface area (Å²) in [7, 11) is 0. The molecule has 0 bridgehead atoms. The van der Waals surface area contributed by atoms with Crippen molar-refractivity contribution in [2.24, 2.45) is 22.7 Å². The number of carbonyl (C=O) groups excluding carboxylic acids is 4. The zero-order chi connectivity index (χ0) is 33.5. The Kier molecular flexibility index (Phi) is 6.94. The molecule has 0 aromatic heterocycles. The molecule has 0 fully saturated rings. The maximum atomic E-state index is 14.2. The predicted molar refractivity (Wildman–Crippen MR) is 172 cm³/mol. The summed E-state index contributed by atoms with van der Waals surface area (Å²) in [5.41, 5.74) is -5.43. The Labute approximate surface area is 265 Å². The van der Waals surface area contributed by atoms with Crippen molar-refractivity contribution in [2.75, 3.05) is 10.6 Å². The number of aliphatic hydroxyl groups excluding tert-OH is 2. The van der Waals surface area contributed by atoms with E-state index in [1.54, 1.807) is 45.9 Å². The number of nitrogens with one attached hydrogen (secondary N) is 2. The van der Waals surface area contributed by atoms with Crippen molar-refractivity contribution in [1.82, 2.24) is 0 Å². The van der Waals surface area contributed by atoms with Crippen LogP contribution in [0.3, 0.4) is 0 Å². The Balaban J connectivity index is 1.42. The van der Waals surface area contributed by atoms with Gasteiger partial charge in [0.05, 0.1) is 16.9 Å². The molecular weight excluding hydrogens is 588 g/mol. The molecule has 6 rings (SSSR count). The van der Waals surface area contributed by atoms with Crippen LogP contribution >= 0.6 is 0 Å². The largest absolute Gasteiger partial charge is 0.511 e. The molecule has 10 nitrogen and oxygen atoms in total. The monoisotopic (exact) mass is 624 g/mol. The van der Waals surface area contributed by atoms with E-state index in [9.17, 15) is 39.6 Å². The number of carbonyl (C=O) groups is 4. The van der Waals surface area contributed by atoms with E-state index in [1.165, 1.54) is 6.07 Å². The van der Waals surface area contributed by atoms with Crippen molar-refractivity contribution >= 4 is 45.5 Å². The van der Waals surface area contributed by atoms with Crippen molar-refractivity contribution in [3.05, 3.63) is 88.4 Å². The number of rotatable bonds is 4. The number of fused-ring (bicyclic) bond motifs is 4. The molecule has 4 atom stereocenters. The maximum absolute atomic E-state index is 14.2. The van der Waals surface area contributed by atoms with E-state index in [-0.39, 0.29) is 35.6 Å². The zero-order valence-electron chi connectivity index (χ0n) is 26.2. The molecule has 0 spiro atoms. The number of aromatic hydroxyl groups is 1. The number of amides is 2. The van der Waals surface area contributed by atoms with Crippen LogP contribution in [0.1, 0.15) is 57.0 Å². The molecule has 2 amide bonds. The summed E-state index contributed by atoms with van der Waals surface area (Å²) in [5.74, 6) is -5.88. The Bertz CT molecular complexity index is 1950. The second-order valence-electron chi connectivity index (χ2n) is 13.6. The first kappa shape index (κ1) is 31.0. The fourth-order valence-electron chi connectivity index (χ4n) is 8.43. The fraction of sp³-hybridized carbons (Fsp3) is 0.333. The number of anilines is 2. The van der Waals surface area contributed by atoms with Crippen LogP contribution in [0.15, 0.2) is 77.3 Å². The number of urea groups is 1.